The van der Waals surface area contributed by atoms with Gasteiger partial charge in [0.25, 0.3) is 0 Å². The number of hydrogen-bond donors (Lipinski definition) is 0. The third-order valence-electron chi connectivity index (χ3n) is 13.5. The van der Waals surface area contributed by atoms with Crippen molar-refractivity contribution >= 4 is 32.7 Å². The van der Waals surface area contributed by atoms with Crippen LogP contribution in [0.4, 0.5) is 17.1 Å². The Bertz CT molecular complexity index is 3250. The maximum Gasteiger partial charge on any atom is 0.0540 e. The molecule has 0 aromatic heterocycles. The van der Waals surface area contributed by atoms with Crippen LogP contribution in [-0.4, -0.2) is 0 Å². The summed E-state index contributed by atoms with van der Waals surface area (Å²) in [5.41, 5.74) is 17.8. The van der Waals surface area contributed by atoms with Crippen molar-refractivity contribution in [2.45, 2.75) is 38.8 Å². The Morgan fingerprint density at radius 1 is 0.415 bits per heavy atom. The SMILES string of the molecule is C=CC1=C(C=C)C(C)(C)c2cc(N(c3ccc(-c4ccc(-c5cccc6c5-c5ccccc5S6(c5ccccc5)c5ccccc5)cc4)cc3)c3ccccc3-c3ccccc3)ccc21. The normalized spacial score (nSPS) is 14.5. The Labute approximate surface area is 385 Å². The average molecular weight is 852 g/mol. The van der Waals surface area contributed by atoms with Gasteiger partial charge in [0.1, 0.15) is 0 Å². The number of rotatable bonds is 10. The second-order valence-electron chi connectivity index (χ2n) is 17.3. The molecule has 2 aliphatic rings. The van der Waals surface area contributed by atoms with Crippen molar-refractivity contribution < 1.29 is 0 Å². The first kappa shape index (κ1) is 40.1. The summed E-state index contributed by atoms with van der Waals surface area (Å²) < 4.78 is 0. The topological polar surface area (TPSA) is 3.24 Å². The summed E-state index contributed by atoms with van der Waals surface area (Å²) in [6.45, 7) is 13.0. The van der Waals surface area contributed by atoms with Crippen LogP contribution in [0.15, 0.2) is 275 Å². The smallest absolute Gasteiger partial charge is 0.0540 e. The molecule has 0 atom stereocenters. The van der Waals surface area contributed by atoms with E-state index in [4.69, 9.17) is 0 Å². The van der Waals surface area contributed by atoms with Gasteiger partial charge in [0.05, 0.1) is 5.69 Å². The summed E-state index contributed by atoms with van der Waals surface area (Å²) in [5.74, 6) is 0. The summed E-state index contributed by atoms with van der Waals surface area (Å²) in [5, 5.41) is 0. The predicted molar refractivity (Wildman–Crippen MR) is 277 cm³/mol. The van der Waals surface area contributed by atoms with Gasteiger partial charge in [-0.2, -0.15) is 0 Å². The summed E-state index contributed by atoms with van der Waals surface area (Å²) in [6.07, 6.45) is 3.98. The number of anilines is 3. The molecule has 65 heavy (non-hydrogen) atoms. The molecule has 0 saturated heterocycles. The molecule has 0 bridgehead atoms. The number of nitrogens with zero attached hydrogens (tertiary/aromatic N) is 1. The minimum Gasteiger partial charge on any atom is -0.310 e. The Balaban J connectivity index is 0.989. The Hall–Kier alpha value is -7.65. The fourth-order valence-electron chi connectivity index (χ4n) is 10.5. The van der Waals surface area contributed by atoms with Crippen molar-refractivity contribution in [2.75, 3.05) is 4.90 Å². The van der Waals surface area contributed by atoms with Gasteiger partial charge in [-0.3, -0.25) is 0 Å². The van der Waals surface area contributed by atoms with Crippen molar-refractivity contribution in [1.82, 2.24) is 0 Å². The minimum absolute atomic E-state index is 0.214. The van der Waals surface area contributed by atoms with Crippen molar-refractivity contribution in [3.05, 3.63) is 266 Å². The molecule has 0 N–H and O–H groups in total. The molecule has 1 heterocycles. The van der Waals surface area contributed by atoms with E-state index in [9.17, 15) is 0 Å². The van der Waals surface area contributed by atoms with E-state index in [2.05, 4.69) is 256 Å². The van der Waals surface area contributed by atoms with Crippen LogP contribution >= 0.6 is 10.0 Å². The van der Waals surface area contributed by atoms with Crippen molar-refractivity contribution in [3.8, 4) is 44.5 Å². The number of benzene rings is 9. The van der Waals surface area contributed by atoms with Gasteiger partial charge in [-0.25, -0.2) is 0 Å². The van der Waals surface area contributed by atoms with E-state index >= 15 is 0 Å². The molecule has 0 unspecified atom stereocenters. The molecular weight excluding hydrogens is 803 g/mol. The molecule has 1 aliphatic heterocycles. The second kappa shape index (κ2) is 16.2. The summed E-state index contributed by atoms with van der Waals surface area (Å²) in [4.78, 5) is 7.93. The lowest BCUT2D eigenvalue weighted by Gasteiger charge is -2.39. The van der Waals surface area contributed by atoms with Crippen LogP contribution < -0.4 is 4.90 Å². The summed E-state index contributed by atoms with van der Waals surface area (Å²) >= 11 is 0. The molecule has 0 amide bonds. The number of para-hydroxylation sites is 1. The highest BCUT2D eigenvalue weighted by Gasteiger charge is 2.43. The second-order valence-corrected chi connectivity index (χ2v) is 20.4. The molecule has 0 spiro atoms. The van der Waals surface area contributed by atoms with Gasteiger partial charge in [0.15, 0.2) is 0 Å². The number of hydrogen-bond acceptors (Lipinski definition) is 1. The maximum absolute atomic E-state index is 4.20. The largest absolute Gasteiger partial charge is 0.310 e. The lowest BCUT2D eigenvalue weighted by atomic mass is 9.81. The molecule has 11 rings (SSSR count). The Morgan fingerprint density at radius 2 is 0.923 bits per heavy atom. The van der Waals surface area contributed by atoms with E-state index in [-0.39, 0.29) is 5.41 Å². The van der Waals surface area contributed by atoms with Gasteiger partial charge in [-0.15, -0.1) is 10.0 Å². The van der Waals surface area contributed by atoms with Crippen LogP contribution in [0.1, 0.15) is 25.0 Å². The molecule has 1 aliphatic carbocycles. The molecular formula is C63H49NS. The minimum atomic E-state index is -1.72. The molecule has 312 valence electrons. The van der Waals surface area contributed by atoms with E-state index in [0.717, 1.165) is 22.6 Å². The molecule has 0 saturated carbocycles. The predicted octanol–water partition coefficient (Wildman–Crippen LogP) is 17.9. The van der Waals surface area contributed by atoms with E-state index in [1.807, 2.05) is 12.2 Å². The van der Waals surface area contributed by atoms with E-state index < -0.39 is 10.0 Å². The van der Waals surface area contributed by atoms with E-state index in [1.165, 1.54) is 80.8 Å². The van der Waals surface area contributed by atoms with Gasteiger partial charge in [-0.05, 0) is 122 Å². The van der Waals surface area contributed by atoms with Crippen molar-refractivity contribution in [1.29, 1.82) is 0 Å². The van der Waals surface area contributed by atoms with Crippen LogP contribution in [0.25, 0.3) is 50.1 Å². The zero-order valence-electron chi connectivity index (χ0n) is 36.8. The van der Waals surface area contributed by atoms with Crippen LogP contribution in [-0.2, 0) is 5.41 Å². The van der Waals surface area contributed by atoms with Crippen LogP contribution in [0.2, 0.25) is 0 Å². The Morgan fingerprint density at radius 3 is 1.57 bits per heavy atom. The first-order chi connectivity index (χ1) is 31.9. The molecule has 1 nitrogen and oxygen atoms in total. The molecule has 0 fully saturated rings. The first-order valence-electron chi connectivity index (χ1n) is 22.4. The third-order valence-corrected chi connectivity index (χ3v) is 17.5. The lowest BCUT2D eigenvalue weighted by molar-refractivity contribution is 0.654. The van der Waals surface area contributed by atoms with Crippen LogP contribution in [0.5, 0.6) is 0 Å². The Kier molecular flexibility index (Phi) is 9.98. The van der Waals surface area contributed by atoms with Gasteiger partial charge < -0.3 is 4.90 Å². The first-order valence-corrected chi connectivity index (χ1v) is 24.0. The van der Waals surface area contributed by atoms with E-state index in [1.54, 1.807) is 0 Å². The quantitative estimate of drug-likeness (QED) is 0.132. The molecule has 9 aromatic rings. The molecule has 2 heteroatoms. The summed E-state index contributed by atoms with van der Waals surface area (Å²) in [6, 6.07) is 82.9. The maximum atomic E-state index is 4.20. The number of fused-ring (bicyclic) bond motifs is 4. The highest BCUT2D eigenvalue weighted by molar-refractivity contribution is 8.34. The fourth-order valence-corrected chi connectivity index (χ4v) is 14.7. The highest BCUT2D eigenvalue weighted by Crippen LogP contribution is 2.80. The molecule has 9 aromatic carbocycles. The average Bonchev–Trinajstić information content (AvgIpc) is 3.80. The molecule has 0 radical (unpaired) electrons. The number of allylic oxidation sites excluding steroid dienone is 4. The standard InChI is InChI=1S/C63H49NS/c1-5-52-55-42-41-49(43-58(55)63(3,4)57(52)6-2)64(59-30-18-16-27-53(59)46-21-10-7-11-22-46)48-39-37-45(38-40-48)44-33-35-47(36-34-44)54-29-20-32-61-62(54)56-28-17-19-31-60(56)65(61,50-23-12-8-13-24-50)51-25-14-9-15-26-51/h5-43H,1-2H2,3-4H3. The van der Waals surface area contributed by atoms with Crippen LogP contribution in [0, 0.1) is 0 Å². The van der Waals surface area contributed by atoms with Crippen molar-refractivity contribution in [2.24, 2.45) is 0 Å². The fraction of sp³-hybridized carbons (Fsp3) is 0.0476. The monoisotopic (exact) mass is 851 g/mol. The van der Waals surface area contributed by atoms with Crippen LogP contribution in [0.3, 0.4) is 0 Å². The highest BCUT2D eigenvalue weighted by atomic mass is 32.3. The zero-order chi connectivity index (χ0) is 44.1. The van der Waals surface area contributed by atoms with Gasteiger partial charge in [0, 0.05) is 47.5 Å². The van der Waals surface area contributed by atoms with Crippen molar-refractivity contribution in [3.63, 3.8) is 0 Å². The zero-order valence-corrected chi connectivity index (χ0v) is 37.6. The lowest BCUT2D eigenvalue weighted by Crippen LogP contribution is -2.17. The third kappa shape index (κ3) is 6.39. The van der Waals surface area contributed by atoms with Gasteiger partial charge in [-0.1, -0.05) is 197 Å². The van der Waals surface area contributed by atoms with Gasteiger partial charge >= 0.3 is 0 Å². The van der Waals surface area contributed by atoms with Gasteiger partial charge in [0.2, 0.25) is 0 Å². The summed E-state index contributed by atoms with van der Waals surface area (Å²) in [7, 11) is -1.72. The van der Waals surface area contributed by atoms with E-state index in [0.29, 0.717) is 0 Å².